The van der Waals surface area contributed by atoms with Gasteiger partial charge in [-0.1, -0.05) is 161 Å². The Morgan fingerprint density at radius 3 is 1.12 bits per heavy atom. The Balaban J connectivity index is 0.000000312. The van der Waals surface area contributed by atoms with Crippen molar-refractivity contribution in [2.75, 3.05) is 6.61 Å². The van der Waals surface area contributed by atoms with E-state index in [-0.39, 0.29) is 7.43 Å². The number of aliphatic imine (C=N–C) groups is 2. The number of aliphatic hydroxyl groups is 1. The number of nitrogens with zero attached hydrogens (tertiary/aromatic N) is 8. The van der Waals surface area contributed by atoms with Crippen LogP contribution < -0.4 is 0 Å². The summed E-state index contributed by atoms with van der Waals surface area (Å²) in [4.78, 5) is 18.8. The van der Waals surface area contributed by atoms with Crippen molar-refractivity contribution in [1.82, 2.24) is 29.5 Å². The Labute approximate surface area is 457 Å². The van der Waals surface area contributed by atoms with Crippen molar-refractivity contribution in [1.29, 1.82) is 0 Å². The van der Waals surface area contributed by atoms with Crippen LogP contribution in [0.1, 0.15) is 151 Å². The number of halogens is 4. The van der Waals surface area contributed by atoms with E-state index in [4.69, 9.17) is 65.9 Å². The van der Waals surface area contributed by atoms with Gasteiger partial charge in [-0.25, -0.2) is 0 Å². The number of hydrogen-bond donors (Lipinski definition) is 1. The third kappa shape index (κ3) is 18.5. The van der Waals surface area contributed by atoms with E-state index in [0.717, 1.165) is 68.8 Å². The zero-order valence-corrected chi connectivity index (χ0v) is 47.0. The Morgan fingerprint density at radius 1 is 0.514 bits per heavy atom. The van der Waals surface area contributed by atoms with Crippen molar-refractivity contribution in [3.63, 3.8) is 0 Å². The molecule has 0 radical (unpaired) electrons. The second kappa shape index (κ2) is 33.4. The van der Waals surface area contributed by atoms with E-state index in [1.54, 1.807) is 0 Å². The summed E-state index contributed by atoms with van der Waals surface area (Å²) in [5, 5.41) is 20.0. The fourth-order valence-electron chi connectivity index (χ4n) is 7.76. The quantitative estimate of drug-likeness (QED) is 0.109. The first-order chi connectivity index (χ1) is 34.3. The number of benzene rings is 4. The van der Waals surface area contributed by atoms with Crippen molar-refractivity contribution in [3.8, 4) is 0 Å². The van der Waals surface area contributed by atoms with Crippen molar-refractivity contribution < 1.29 is 30.9 Å². The van der Waals surface area contributed by atoms with E-state index in [2.05, 4.69) is 133 Å². The SMILES string of the molecule is C.CC(C)c1cccc(C(C)C)c1N=Cc1nn(Cc2ccccn2)c2ccccc12.CC(C)c1cccc(C(C)C)c1N=Cc1nn(Cc2ccccn2)c2ccccc12.CCCCO.[Cl][Co][Cl].[Cl][Co][Cl]. The minimum atomic E-state index is 0. The zero-order valence-electron chi connectivity index (χ0n) is 41.9. The van der Waals surface area contributed by atoms with Crippen molar-refractivity contribution in [2.45, 2.75) is 119 Å². The van der Waals surface area contributed by atoms with Crippen LogP contribution in [-0.4, -0.2) is 53.7 Å². The summed E-state index contributed by atoms with van der Waals surface area (Å²) >= 11 is 0.764. The normalized spacial score (nSPS) is 11.1. The molecule has 0 unspecified atom stereocenters. The number of pyridine rings is 2. The molecule has 72 heavy (non-hydrogen) atoms. The predicted molar refractivity (Wildman–Crippen MR) is 302 cm³/mol. The molecular weight excluding hydrogens is 1070 g/mol. The molecule has 0 aliphatic heterocycles. The molecule has 8 aromatic rings. The van der Waals surface area contributed by atoms with Gasteiger partial charge in [-0.3, -0.25) is 29.3 Å². The first-order valence-electron chi connectivity index (χ1n) is 23.7. The molecule has 4 aromatic heterocycles. The summed E-state index contributed by atoms with van der Waals surface area (Å²) in [6.45, 7) is 21.4. The Morgan fingerprint density at radius 2 is 0.847 bits per heavy atom. The summed E-state index contributed by atoms with van der Waals surface area (Å²) in [7, 11) is 18.9. The van der Waals surface area contributed by atoms with Crippen LogP contribution in [0.15, 0.2) is 144 Å². The van der Waals surface area contributed by atoms with Gasteiger partial charge in [0.25, 0.3) is 0 Å². The topological polar surface area (TPSA) is 106 Å². The molecule has 0 saturated heterocycles. The van der Waals surface area contributed by atoms with Crippen molar-refractivity contribution in [3.05, 3.63) is 179 Å². The standard InChI is InChI=1S/2C26H28N4.C4H10O.CH4.4ClH.2Co/c2*1-18(2)21-12-9-13-22(19(3)4)26(21)28-16-24-23-11-5-6-14-25(23)30(29-24)17-20-10-7-8-15-27-20;1-2-3-4-5;;;;;;;/h2*5-16,18-19H,17H2,1-4H3;5H,2-4H2,1H3;1H4;4*1H;;/q;;;;;;;;2*+2/p-4. The van der Waals surface area contributed by atoms with E-state index in [9.17, 15) is 0 Å². The Kier molecular flexibility index (Phi) is 28.7. The van der Waals surface area contributed by atoms with Gasteiger partial charge in [0.1, 0.15) is 11.4 Å². The van der Waals surface area contributed by atoms with Crippen LogP contribution in [0.5, 0.6) is 0 Å². The molecule has 9 nitrogen and oxygen atoms in total. The summed E-state index contributed by atoms with van der Waals surface area (Å²) in [6.07, 6.45) is 9.52. The molecular formula is C57H70Cl4Co2N8O. The van der Waals surface area contributed by atoms with E-state index in [1.165, 1.54) is 22.3 Å². The molecule has 15 heteroatoms. The number of para-hydroxylation sites is 4. The third-order valence-corrected chi connectivity index (χ3v) is 11.3. The summed E-state index contributed by atoms with van der Waals surface area (Å²) in [5.74, 6) is 1.65. The van der Waals surface area contributed by atoms with Gasteiger partial charge in [0.2, 0.25) is 0 Å². The van der Waals surface area contributed by atoms with Gasteiger partial charge in [0.05, 0.1) is 59.3 Å². The Hall–Kier alpha value is -4.41. The van der Waals surface area contributed by atoms with Gasteiger partial charge in [-0.05, 0) is 88.7 Å². The summed E-state index contributed by atoms with van der Waals surface area (Å²) < 4.78 is 4.02. The van der Waals surface area contributed by atoms with Gasteiger partial charge < -0.3 is 5.11 Å². The molecule has 1 N–H and O–H groups in total. The molecule has 0 aliphatic rings. The van der Waals surface area contributed by atoms with Crippen LogP contribution in [0.3, 0.4) is 0 Å². The second-order valence-corrected chi connectivity index (χ2v) is 21.1. The number of unbranched alkanes of at least 4 members (excludes halogenated alkanes) is 1. The number of hydrogen-bond acceptors (Lipinski definition) is 7. The number of fused-ring (bicyclic) bond motifs is 2. The molecule has 0 amide bonds. The van der Waals surface area contributed by atoms with Crippen molar-refractivity contribution >= 4 is 86.2 Å². The zero-order chi connectivity index (χ0) is 51.7. The van der Waals surface area contributed by atoms with Crippen LogP contribution in [0.25, 0.3) is 21.8 Å². The van der Waals surface area contributed by atoms with Gasteiger partial charge in [-0.2, -0.15) is 10.2 Å². The average molecular weight is 1140 g/mol. The molecule has 0 bridgehead atoms. The van der Waals surface area contributed by atoms with Crippen molar-refractivity contribution in [2.24, 2.45) is 9.98 Å². The minimum absolute atomic E-state index is 0. The number of rotatable bonds is 14. The molecule has 0 aliphatic carbocycles. The molecule has 4 heterocycles. The van der Waals surface area contributed by atoms with Gasteiger partial charge >= 0.3 is 66.4 Å². The molecule has 0 saturated carbocycles. The second-order valence-electron chi connectivity index (χ2n) is 17.6. The van der Waals surface area contributed by atoms with Gasteiger partial charge in [0, 0.05) is 29.8 Å². The Bertz CT molecular complexity index is 2610. The van der Waals surface area contributed by atoms with Crippen LogP contribution in [-0.2, 0) is 38.9 Å². The monoisotopic (exact) mass is 1140 g/mol. The first kappa shape index (κ1) is 61.9. The molecule has 0 spiro atoms. The summed E-state index contributed by atoms with van der Waals surface area (Å²) in [6, 6.07) is 41.5. The average Bonchev–Trinajstić information content (AvgIpc) is 3.90. The van der Waals surface area contributed by atoms with E-state index < -0.39 is 0 Å². The van der Waals surface area contributed by atoms with Crippen LogP contribution in [0.4, 0.5) is 11.4 Å². The number of aromatic nitrogens is 6. The maximum absolute atomic E-state index is 8.07. The molecule has 4 aromatic carbocycles. The summed E-state index contributed by atoms with van der Waals surface area (Å²) in [5.41, 5.74) is 13.2. The van der Waals surface area contributed by atoms with E-state index in [1.807, 2.05) is 94.9 Å². The van der Waals surface area contributed by atoms with E-state index >= 15 is 0 Å². The van der Waals surface area contributed by atoms with Gasteiger partial charge in [-0.15, -0.1) is 0 Å². The van der Waals surface area contributed by atoms with Crippen LogP contribution in [0.2, 0.25) is 0 Å². The molecule has 0 fully saturated rings. The van der Waals surface area contributed by atoms with E-state index in [0.29, 0.717) is 69.2 Å². The number of aliphatic hydroxyl groups excluding tert-OH is 1. The molecule has 390 valence electrons. The first-order valence-corrected chi connectivity index (χ1v) is 29.4. The third-order valence-electron chi connectivity index (χ3n) is 11.3. The maximum atomic E-state index is 8.07. The molecule has 0 atom stereocenters. The fourth-order valence-corrected chi connectivity index (χ4v) is 7.76. The van der Waals surface area contributed by atoms with Crippen LogP contribution >= 0.6 is 40.6 Å². The predicted octanol–water partition coefficient (Wildman–Crippen LogP) is 17.1. The fraction of sp³-hybridized carbons (Fsp3) is 0.333. The van der Waals surface area contributed by atoms with Gasteiger partial charge in [0.15, 0.2) is 0 Å². The van der Waals surface area contributed by atoms with Crippen LogP contribution in [0, 0.1) is 0 Å². The molecule has 8 rings (SSSR count).